The average molecular weight is 435 g/mol. The van der Waals surface area contributed by atoms with Gasteiger partial charge in [-0.2, -0.15) is 0 Å². The van der Waals surface area contributed by atoms with Gasteiger partial charge in [-0.3, -0.25) is 4.79 Å². The van der Waals surface area contributed by atoms with E-state index < -0.39 is 0 Å². The third-order valence-electron chi connectivity index (χ3n) is 6.07. The molecule has 0 amide bonds. The van der Waals surface area contributed by atoms with Crippen LogP contribution >= 0.6 is 0 Å². The summed E-state index contributed by atoms with van der Waals surface area (Å²) in [6.45, 7) is 2.56. The molecule has 4 nitrogen and oxygen atoms in total. The maximum atomic E-state index is 11.4. The van der Waals surface area contributed by atoms with Crippen LogP contribution in [0, 0.1) is 0 Å². The van der Waals surface area contributed by atoms with Crippen molar-refractivity contribution in [2.75, 3.05) is 20.8 Å². The first-order valence-corrected chi connectivity index (χ1v) is 12.4. The van der Waals surface area contributed by atoms with Crippen molar-refractivity contribution in [3.63, 3.8) is 0 Å². The summed E-state index contributed by atoms with van der Waals surface area (Å²) in [5.74, 6) is -0.243. The lowest BCUT2D eigenvalue weighted by atomic mass is 9.93. The summed E-state index contributed by atoms with van der Waals surface area (Å²) in [6, 6.07) is 0. The maximum Gasteiger partial charge on any atom is 0.308 e. The standard InChI is InChI=1S/C27H46O4/c1-4-5-6-7-8-9-10-11-12-13-14-15-16-17-18-19-21-27(30-3)22-20-25(31-24-27)23-26(28)29-2/h4-7,20,22,25H,8-19,21,23-24H2,1-3H3/b5-4+,7-6+/t25-,27+/m0/s1. The van der Waals surface area contributed by atoms with Crippen LogP contribution < -0.4 is 0 Å². The molecule has 178 valence electrons. The predicted octanol–water partition coefficient (Wildman–Crippen LogP) is 7.09. The number of carbonyl (C=O) groups excluding carboxylic acids is 1. The molecule has 0 spiro atoms. The lowest BCUT2D eigenvalue weighted by Crippen LogP contribution is -2.40. The smallest absolute Gasteiger partial charge is 0.308 e. The Bertz CT molecular complexity index is 537. The third kappa shape index (κ3) is 13.6. The molecular formula is C27H46O4. The molecule has 1 aliphatic rings. The molecule has 0 aromatic heterocycles. The first kappa shape index (κ1) is 27.6. The predicted molar refractivity (Wildman–Crippen MR) is 129 cm³/mol. The van der Waals surface area contributed by atoms with Gasteiger partial charge >= 0.3 is 5.97 Å². The molecule has 0 saturated heterocycles. The number of rotatable bonds is 18. The first-order chi connectivity index (χ1) is 15.2. The fourth-order valence-electron chi connectivity index (χ4n) is 3.96. The average Bonchev–Trinajstić information content (AvgIpc) is 2.80. The molecule has 1 rings (SSSR count). The number of hydrogen-bond acceptors (Lipinski definition) is 4. The Kier molecular flexibility index (Phi) is 16.2. The topological polar surface area (TPSA) is 44.8 Å². The van der Waals surface area contributed by atoms with E-state index in [1.54, 1.807) is 7.11 Å². The Morgan fingerprint density at radius 1 is 0.968 bits per heavy atom. The Labute approximate surface area is 191 Å². The number of allylic oxidation sites excluding steroid dienone is 4. The van der Waals surface area contributed by atoms with Crippen LogP contribution in [0.5, 0.6) is 0 Å². The monoisotopic (exact) mass is 434 g/mol. The zero-order chi connectivity index (χ0) is 22.6. The molecule has 0 fully saturated rings. The van der Waals surface area contributed by atoms with E-state index in [0.29, 0.717) is 6.61 Å². The second-order valence-corrected chi connectivity index (χ2v) is 8.64. The van der Waals surface area contributed by atoms with Crippen LogP contribution in [0.2, 0.25) is 0 Å². The fraction of sp³-hybridized carbons (Fsp3) is 0.741. The molecule has 31 heavy (non-hydrogen) atoms. The quantitative estimate of drug-likeness (QED) is 0.0999. The largest absolute Gasteiger partial charge is 0.469 e. The molecule has 0 aromatic carbocycles. The second-order valence-electron chi connectivity index (χ2n) is 8.64. The van der Waals surface area contributed by atoms with Crippen molar-refractivity contribution in [2.24, 2.45) is 0 Å². The molecule has 1 aliphatic heterocycles. The number of ether oxygens (including phenoxy) is 3. The molecule has 0 N–H and O–H groups in total. The number of carbonyl (C=O) groups is 1. The maximum absolute atomic E-state index is 11.4. The molecule has 0 bridgehead atoms. The Morgan fingerprint density at radius 2 is 1.58 bits per heavy atom. The van der Waals surface area contributed by atoms with Crippen LogP contribution in [0.4, 0.5) is 0 Å². The third-order valence-corrected chi connectivity index (χ3v) is 6.07. The highest BCUT2D eigenvalue weighted by molar-refractivity contribution is 5.70. The van der Waals surface area contributed by atoms with Crippen LogP contribution in [-0.2, 0) is 19.0 Å². The van der Waals surface area contributed by atoms with Gasteiger partial charge in [0.2, 0.25) is 0 Å². The van der Waals surface area contributed by atoms with Crippen LogP contribution in [-0.4, -0.2) is 38.5 Å². The van der Waals surface area contributed by atoms with E-state index in [1.807, 2.05) is 6.08 Å². The minimum absolute atomic E-state index is 0.198. The van der Waals surface area contributed by atoms with Gasteiger partial charge in [0.1, 0.15) is 5.60 Å². The Hall–Kier alpha value is -1.39. The van der Waals surface area contributed by atoms with E-state index in [2.05, 4.69) is 37.3 Å². The van der Waals surface area contributed by atoms with Gasteiger partial charge < -0.3 is 14.2 Å². The van der Waals surface area contributed by atoms with Gasteiger partial charge in [0, 0.05) is 7.11 Å². The number of esters is 1. The van der Waals surface area contributed by atoms with Crippen LogP contribution in [0.1, 0.15) is 96.8 Å². The van der Waals surface area contributed by atoms with E-state index in [4.69, 9.17) is 14.2 Å². The fourth-order valence-corrected chi connectivity index (χ4v) is 3.96. The summed E-state index contributed by atoms with van der Waals surface area (Å²) in [7, 11) is 3.15. The summed E-state index contributed by atoms with van der Waals surface area (Å²) in [5, 5.41) is 0. The number of unbranched alkanes of at least 4 members (excludes halogenated alkanes) is 11. The molecule has 0 aromatic rings. The van der Waals surface area contributed by atoms with Crippen molar-refractivity contribution in [3.8, 4) is 0 Å². The van der Waals surface area contributed by atoms with Crippen molar-refractivity contribution in [1.82, 2.24) is 0 Å². The van der Waals surface area contributed by atoms with Crippen molar-refractivity contribution >= 4 is 5.97 Å². The number of hydrogen-bond donors (Lipinski definition) is 0. The lowest BCUT2D eigenvalue weighted by molar-refractivity contribution is -0.145. The normalized spacial score (nSPS) is 21.3. The molecule has 0 saturated carbocycles. The van der Waals surface area contributed by atoms with Gasteiger partial charge in [0.05, 0.1) is 26.2 Å². The van der Waals surface area contributed by atoms with Gasteiger partial charge in [-0.05, 0) is 26.2 Å². The van der Waals surface area contributed by atoms with E-state index in [0.717, 1.165) is 12.8 Å². The summed E-state index contributed by atoms with van der Waals surface area (Å²) in [6.07, 6.45) is 29.5. The van der Waals surface area contributed by atoms with Gasteiger partial charge in [0.15, 0.2) is 0 Å². The van der Waals surface area contributed by atoms with Gasteiger partial charge in [0.25, 0.3) is 0 Å². The minimum atomic E-state index is -0.338. The van der Waals surface area contributed by atoms with Crippen molar-refractivity contribution in [2.45, 2.75) is 109 Å². The minimum Gasteiger partial charge on any atom is -0.469 e. The zero-order valence-corrected chi connectivity index (χ0v) is 20.3. The van der Waals surface area contributed by atoms with E-state index in [9.17, 15) is 4.79 Å². The van der Waals surface area contributed by atoms with Gasteiger partial charge in [-0.1, -0.05) is 101 Å². The number of methoxy groups -OCH3 is 2. The van der Waals surface area contributed by atoms with Gasteiger partial charge in [-0.15, -0.1) is 0 Å². The molecular weight excluding hydrogens is 388 g/mol. The first-order valence-electron chi connectivity index (χ1n) is 12.4. The molecule has 0 radical (unpaired) electrons. The Morgan fingerprint density at radius 3 is 2.10 bits per heavy atom. The van der Waals surface area contributed by atoms with E-state index >= 15 is 0 Å². The molecule has 2 atom stereocenters. The van der Waals surface area contributed by atoms with Crippen LogP contribution in [0.15, 0.2) is 36.5 Å². The van der Waals surface area contributed by atoms with E-state index in [1.165, 1.54) is 77.7 Å². The molecule has 4 heteroatoms. The van der Waals surface area contributed by atoms with Crippen LogP contribution in [0.25, 0.3) is 0 Å². The second kappa shape index (κ2) is 18.2. The lowest BCUT2D eigenvalue weighted by Gasteiger charge is -2.34. The van der Waals surface area contributed by atoms with Crippen molar-refractivity contribution in [3.05, 3.63) is 36.5 Å². The van der Waals surface area contributed by atoms with Gasteiger partial charge in [-0.25, -0.2) is 0 Å². The zero-order valence-electron chi connectivity index (χ0n) is 20.3. The molecule has 1 heterocycles. The highest BCUT2D eigenvalue weighted by atomic mass is 16.5. The SMILES string of the molecule is C/C=C/C=C/CCCCCCCCCCCCC[C@@]1(OC)C=C[C@@H](CC(=O)OC)OC1. The molecule has 0 aliphatic carbocycles. The summed E-state index contributed by atoms with van der Waals surface area (Å²) < 4.78 is 16.3. The Balaban J connectivity index is 1.97. The summed E-state index contributed by atoms with van der Waals surface area (Å²) in [5.41, 5.74) is -0.338. The summed E-state index contributed by atoms with van der Waals surface area (Å²) >= 11 is 0. The van der Waals surface area contributed by atoms with Crippen LogP contribution in [0.3, 0.4) is 0 Å². The van der Waals surface area contributed by atoms with Crippen molar-refractivity contribution < 1.29 is 19.0 Å². The summed E-state index contributed by atoms with van der Waals surface area (Å²) in [4.78, 5) is 11.4. The highest BCUT2D eigenvalue weighted by Gasteiger charge is 2.32. The highest BCUT2D eigenvalue weighted by Crippen LogP contribution is 2.27. The van der Waals surface area contributed by atoms with E-state index in [-0.39, 0.29) is 24.1 Å². The van der Waals surface area contributed by atoms with Crippen molar-refractivity contribution in [1.29, 1.82) is 0 Å². The molecule has 0 unspecified atom stereocenters.